The van der Waals surface area contributed by atoms with Crippen molar-refractivity contribution < 1.29 is 4.74 Å². The van der Waals surface area contributed by atoms with E-state index in [1.807, 2.05) is 4.52 Å². The number of ether oxygens (including phenoxy) is 1. The fourth-order valence-electron chi connectivity index (χ4n) is 2.87. The second kappa shape index (κ2) is 4.22. The molecule has 0 saturated carbocycles. The predicted octanol–water partition coefficient (Wildman–Crippen LogP) is 0.941. The summed E-state index contributed by atoms with van der Waals surface area (Å²) in [6.45, 7) is 5.90. The van der Waals surface area contributed by atoms with Gasteiger partial charge >= 0.3 is 0 Å². The van der Waals surface area contributed by atoms with Gasteiger partial charge in [-0.2, -0.15) is 9.61 Å². The molecule has 0 spiro atoms. The summed E-state index contributed by atoms with van der Waals surface area (Å²) in [5, 5.41) is 17.9. The molecule has 1 N–H and O–H groups in total. The van der Waals surface area contributed by atoms with Gasteiger partial charge in [0.2, 0.25) is 4.96 Å². The lowest BCUT2D eigenvalue weighted by atomic mass is 9.91. The van der Waals surface area contributed by atoms with Gasteiger partial charge in [0.05, 0.1) is 6.61 Å². The first-order chi connectivity index (χ1) is 9.26. The number of aromatic nitrogens is 4. The highest BCUT2D eigenvalue weighted by atomic mass is 32.1. The van der Waals surface area contributed by atoms with Crippen LogP contribution in [0.3, 0.4) is 0 Å². The molecule has 19 heavy (non-hydrogen) atoms. The van der Waals surface area contributed by atoms with Crippen molar-refractivity contribution >= 4 is 16.3 Å². The molecule has 0 aromatic carbocycles. The molecule has 2 aliphatic heterocycles. The Bertz CT molecular complexity index is 594. The van der Waals surface area contributed by atoms with Gasteiger partial charge in [0.15, 0.2) is 5.82 Å². The molecule has 6 nitrogen and oxygen atoms in total. The molecule has 2 atom stereocenters. The van der Waals surface area contributed by atoms with E-state index in [0.717, 1.165) is 49.9 Å². The van der Waals surface area contributed by atoms with E-state index in [4.69, 9.17) is 9.84 Å². The fraction of sp³-hybridized carbons (Fsp3) is 0.750. The van der Waals surface area contributed by atoms with Crippen molar-refractivity contribution in [2.75, 3.05) is 26.3 Å². The molecular formula is C12H17N5OS. The summed E-state index contributed by atoms with van der Waals surface area (Å²) in [5.41, 5.74) is 0.148. The lowest BCUT2D eigenvalue weighted by Gasteiger charge is -2.18. The zero-order chi connectivity index (χ0) is 12.9. The van der Waals surface area contributed by atoms with Crippen LogP contribution in [0, 0.1) is 0 Å². The van der Waals surface area contributed by atoms with Crippen LogP contribution in [0.1, 0.15) is 36.5 Å². The van der Waals surface area contributed by atoms with Crippen LogP contribution in [0.4, 0.5) is 0 Å². The first-order valence-corrected chi connectivity index (χ1v) is 7.59. The zero-order valence-electron chi connectivity index (χ0n) is 10.9. The molecule has 0 amide bonds. The second-order valence-corrected chi connectivity index (χ2v) is 6.66. The molecular weight excluding hydrogens is 262 g/mol. The predicted molar refractivity (Wildman–Crippen MR) is 71.7 cm³/mol. The minimum absolute atomic E-state index is 0.148. The summed E-state index contributed by atoms with van der Waals surface area (Å²) in [4.78, 5) is 0.907. The van der Waals surface area contributed by atoms with E-state index in [0.29, 0.717) is 5.92 Å². The van der Waals surface area contributed by atoms with Crippen molar-refractivity contribution in [3.63, 3.8) is 0 Å². The Kier molecular flexibility index (Phi) is 2.61. The number of nitrogens with one attached hydrogen (secondary N) is 1. The molecule has 2 fully saturated rings. The molecule has 2 unspecified atom stereocenters. The maximum Gasteiger partial charge on any atom is 0.234 e. The number of fused-ring (bicyclic) bond motifs is 1. The van der Waals surface area contributed by atoms with Crippen LogP contribution < -0.4 is 5.32 Å². The van der Waals surface area contributed by atoms with Crippen LogP contribution in [0.2, 0.25) is 0 Å². The normalized spacial score (nSPS) is 31.5. The van der Waals surface area contributed by atoms with Gasteiger partial charge in [-0.3, -0.25) is 0 Å². The van der Waals surface area contributed by atoms with Gasteiger partial charge < -0.3 is 10.1 Å². The number of hydrogen-bond acceptors (Lipinski definition) is 6. The smallest absolute Gasteiger partial charge is 0.234 e. The molecule has 2 aromatic heterocycles. The van der Waals surface area contributed by atoms with Crippen molar-refractivity contribution in [3.05, 3.63) is 10.8 Å². The van der Waals surface area contributed by atoms with Gasteiger partial charge in [-0.05, 0) is 19.4 Å². The summed E-state index contributed by atoms with van der Waals surface area (Å²) < 4.78 is 7.37. The number of nitrogens with zero attached hydrogens (tertiary/aromatic N) is 4. The van der Waals surface area contributed by atoms with E-state index < -0.39 is 0 Å². The van der Waals surface area contributed by atoms with Crippen molar-refractivity contribution in [1.29, 1.82) is 0 Å². The first-order valence-electron chi connectivity index (χ1n) is 6.77. The Hall–Kier alpha value is -1.05. The van der Waals surface area contributed by atoms with Crippen LogP contribution in [0.15, 0.2) is 0 Å². The third kappa shape index (κ3) is 1.79. The Morgan fingerprint density at radius 3 is 3.16 bits per heavy atom. The van der Waals surface area contributed by atoms with Crippen LogP contribution in [-0.2, 0) is 10.2 Å². The zero-order valence-corrected chi connectivity index (χ0v) is 11.7. The highest BCUT2D eigenvalue weighted by molar-refractivity contribution is 7.16. The molecule has 0 radical (unpaired) electrons. The van der Waals surface area contributed by atoms with Crippen LogP contribution in [0.5, 0.6) is 0 Å². The summed E-state index contributed by atoms with van der Waals surface area (Å²) in [6, 6.07) is 0. The largest absolute Gasteiger partial charge is 0.381 e. The molecule has 0 aliphatic carbocycles. The van der Waals surface area contributed by atoms with Gasteiger partial charge in [0.25, 0.3) is 0 Å². The molecule has 2 aromatic rings. The van der Waals surface area contributed by atoms with Crippen molar-refractivity contribution in [2.45, 2.75) is 31.1 Å². The minimum atomic E-state index is 0.148. The summed E-state index contributed by atoms with van der Waals surface area (Å²) in [7, 11) is 0. The van der Waals surface area contributed by atoms with Gasteiger partial charge in [-0.15, -0.1) is 10.2 Å². The minimum Gasteiger partial charge on any atom is -0.381 e. The van der Waals surface area contributed by atoms with Crippen molar-refractivity contribution in [2.24, 2.45) is 0 Å². The molecule has 2 aliphatic rings. The Labute approximate surface area is 115 Å². The van der Waals surface area contributed by atoms with Crippen LogP contribution in [0.25, 0.3) is 4.96 Å². The average Bonchev–Trinajstić information content (AvgIpc) is 3.12. The van der Waals surface area contributed by atoms with Crippen LogP contribution in [-0.4, -0.2) is 46.1 Å². The average molecular weight is 279 g/mol. The molecule has 2 saturated heterocycles. The van der Waals surface area contributed by atoms with Crippen molar-refractivity contribution in [3.8, 4) is 0 Å². The van der Waals surface area contributed by atoms with E-state index in [1.165, 1.54) is 5.01 Å². The summed E-state index contributed by atoms with van der Waals surface area (Å²) in [5.74, 6) is 1.31. The fourth-order valence-corrected chi connectivity index (χ4v) is 3.89. The Morgan fingerprint density at radius 1 is 1.47 bits per heavy atom. The van der Waals surface area contributed by atoms with Gasteiger partial charge in [0, 0.05) is 24.5 Å². The third-order valence-corrected chi connectivity index (χ3v) is 5.40. The maximum absolute atomic E-state index is 5.44. The Morgan fingerprint density at radius 2 is 2.42 bits per heavy atom. The van der Waals surface area contributed by atoms with Crippen LogP contribution >= 0.6 is 11.3 Å². The third-order valence-electron chi connectivity index (χ3n) is 4.19. The monoisotopic (exact) mass is 279 g/mol. The van der Waals surface area contributed by atoms with Gasteiger partial charge in [-0.25, -0.2) is 0 Å². The molecule has 4 rings (SSSR count). The topological polar surface area (TPSA) is 64.3 Å². The SMILES string of the molecule is CC1(c2nn3c(C4CCOC4)nnc3s2)CCNC1. The summed E-state index contributed by atoms with van der Waals surface area (Å²) in [6.07, 6.45) is 2.16. The molecule has 102 valence electrons. The first kappa shape index (κ1) is 11.7. The standard InChI is InChI=1S/C12H17N5OS/c1-12(3-4-13-7-12)10-16-17-9(8-2-5-18-6-8)14-15-11(17)19-10/h8,13H,2-7H2,1H3. The summed E-state index contributed by atoms with van der Waals surface area (Å²) >= 11 is 1.67. The molecule has 0 bridgehead atoms. The lowest BCUT2D eigenvalue weighted by molar-refractivity contribution is 0.193. The quantitative estimate of drug-likeness (QED) is 0.886. The number of rotatable bonds is 2. The van der Waals surface area contributed by atoms with E-state index in [-0.39, 0.29) is 5.41 Å². The van der Waals surface area contributed by atoms with E-state index >= 15 is 0 Å². The maximum atomic E-state index is 5.44. The van der Waals surface area contributed by atoms with Gasteiger partial charge in [-0.1, -0.05) is 18.3 Å². The van der Waals surface area contributed by atoms with E-state index in [2.05, 4.69) is 22.4 Å². The highest BCUT2D eigenvalue weighted by Gasteiger charge is 2.35. The Balaban J connectivity index is 1.75. The highest BCUT2D eigenvalue weighted by Crippen LogP contribution is 2.34. The van der Waals surface area contributed by atoms with E-state index in [1.54, 1.807) is 11.3 Å². The lowest BCUT2D eigenvalue weighted by Crippen LogP contribution is -2.25. The second-order valence-electron chi connectivity index (χ2n) is 5.71. The van der Waals surface area contributed by atoms with E-state index in [9.17, 15) is 0 Å². The number of hydrogen-bond donors (Lipinski definition) is 1. The van der Waals surface area contributed by atoms with Crippen molar-refractivity contribution in [1.82, 2.24) is 25.1 Å². The van der Waals surface area contributed by atoms with Gasteiger partial charge in [0.1, 0.15) is 5.01 Å². The molecule has 7 heteroatoms. The molecule has 4 heterocycles.